The zero-order chi connectivity index (χ0) is 14.3. The molecule has 0 aromatic heterocycles. The van der Waals surface area contributed by atoms with Gasteiger partial charge in [-0.15, -0.1) is 0 Å². The summed E-state index contributed by atoms with van der Waals surface area (Å²) in [7, 11) is 0. The molecule has 0 unspecified atom stereocenters. The molecule has 3 nitrogen and oxygen atoms in total. The maximum absolute atomic E-state index is 13.1. The van der Waals surface area contributed by atoms with Crippen molar-refractivity contribution in [3.63, 3.8) is 0 Å². The van der Waals surface area contributed by atoms with Crippen LogP contribution in [0, 0.1) is 0 Å². The van der Waals surface area contributed by atoms with E-state index in [0.29, 0.717) is 6.61 Å². The van der Waals surface area contributed by atoms with Crippen molar-refractivity contribution >= 4 is 0 Å². The van der Waals surface area contributed by atoms with Crippen LogP contribution in [0.2, 0.25) is 0 Å². The van der Waals surface area contributed by atoms with E-state index in [4.69, 9.17) is 9.47 Å². The molecule has 0 radical (unpaired) electrons. The maximum atomic E-state index is 13.1. The molecule has 1 N–H and O–H groups in total. The van der Waals surface area contributed by atoms with Crippen LogP contribution in [-0.2, 0) is 11.6 Å². The Labute approximate surface area is 108 Å². The molecule has 1 aliphatic heterocycles. The monoisotopic (exact) mass is 276 g/mol. The fourth-order valence-electron chi connectivity index (χ4n) is 2.10. The van der Waals surface area contributed by atoms with Gasteiger partial charge in [0, 0.05) is 11.0 Å². The van der Waals surface area contributed by atoms with E-state index in [-0.39, 0.29) is 23.7 Å². The van der Waals surface area contributed by atoms with Crippen molar-refractivity contribution in [1.82, 2.24) is 0 Å². The zero-order valence-corrected chi connectivity index (χ0v) is 10.7. The largest absolute Gasteiger partial charge is 0.486 e. The Hall–Kier alpha value is -1.43. The molecule has 0 bridgehead atoms. The van der Waals surface area contributed by atoms with Gasteiger partial charge in [-0.25, -0.2) is 0 Å². The van der Waals surface area contributed by atoms with E-state index in [1.54, 1.807) is 0 Å². The molecule has 0 saturated heterocycles. The van der Waals surface area contributed by atoms with Crippen LogP contribution in [0.3, 0.4) is 0 Å². The molecule has 0 saturated carbocycles. The van der Waals surface area contributed by atoms with Crippen LogP contribution in [0.1, 0.15) is 25.0 Å². The summed E-state index contributed by atoms with van der Waals surface area (Å²) in [6, 6.07) is 2.23. The van der Waals surface area contributed by atoms with Crippen molar-refractivity contribution in [2.45, 2.75) is 25.4 Å². The Morgan fingerprint density at radius 3 is 2.37 bits per heavy atom. The number of fused-ring (bicyclic) bond motifs is 1. The average Bonchev–Trinajstić information content (AvgIpc) is 2.36. The summed E-state index contributed by atoms with van der Waals surface area (Å²) in [6.07, 6.45) is -4.50. The topological polar surface area (TPSA) is 38.7 Å². The van der Waals surface area contributed by atoms with Gasteiger partial charge in [0.15, 0.2) is 11.5 Å². The van der Waals surface area contributed by atoms with Gasteiger partial charge in [0.2, 0.25) is 0 Å². The Balaban J connectivity index is 2.70. The van der Waals surface area contributed by atoms with Gasteiger partial charge in [-0.1, -0.05) is 13.8 Å². The van der Waals surface area contributed by atoms with Crippen molar-refractivity contribution in [1.29, 1.82) is 0 Å². The molecule has 1 aromatic carbocycles. The number of aliphatic hydroxyl groups excluding tert-OH is 1. The third-order valence-corrected chi connectivity index (χ3v) is 3.09. The van der Waals surface area contributed by atoms with Gasteiger partial charge in [-0.3, -0.25) is 0 Å². The van der Waals surface area contributed by atoms with Gasteiger partial charge >= 0.3 is 6.18 Å². The molecular weight excluding hydrogens is 261 g/mol. The SMILES string of the molecule is CC(C)(CO)c1c(C(F)(F)F)ccc2c1OCCO2. The van der Waals surface area contributed by atoms with Crippen molar-refractivity contribution in [2.75, 3.05) is 19.8 Å². The van der Waals surface area contributed by atoms with Gasteiger partial charge in [-0.2, -0.15) is 13.2 Å². The van der Waals surface area contributed by atoms with Crippen LogP contribution >= 0.6 is 0 Å². The van der Waals surface area contributed by atoms with E-state index in [9.17, 15) is 18.3 Å². The van der Waals surface area contributed by atoms with E-state index in [2.05, 4.69) is 0 Å². The van der Waals surface area contributed by atoms with E-state index >= 15 is 0 Å². The van der Waals surface area contributed by atoms with E-state index in [1.807, 2.05) is 0 Å². The summed E-state index contributed by atoms with van der Waals surface area (Å²) in [6.45, 7) is 3.15. The summed E-state index contributed by atoms with van der Waals surface area (Å²) in [4.78, 5) is 0. The maximum Gasteiger partial charge on any atom is 0.416 e. The van der Waals surface area contributed by atoms with Crippen LogP contribution in [0.4, 0.5) is 13.2 Å². The smallest absolute Gasteiger partial charge is 0.416 e. The summed E-state index contributed by atoms with van der Waals surface area (Å²) in [5, 5.41) is 9.38. The number of ether oxygens (including phenoxy) is 2. The average molecular weight is 276 g/mol. The van der Waals surface area contributed by atoms with Gasteiger partial charge in [0.1, 0.15) is 13.2 Å². The Morgan fingerprint density at radius 1 is 1.16 bits per heavy atom. The molecule has 0 aliphatic carbocycles. The molecule has 2 rings (SSSR count). The molecule has 106 valence electrons. The number of hydrogen-bond acceptors (Lipinski definition) is 3. The minimum Gasteiger partial charge on any atom is -0.486 e. The van der Waals surface area contributed by atoms with Crippen LogP contribution in [0.5, 0.6) is 11.5 Å². The highest BCUT2D eigenvalue weighted by atomic mass is 19.4. The van der Waals surface area contributed by atoms with Crippen LogP contribution in [-0.4, -0.2) is 24.9 Å². The number of alkyl halides is 3. The highest BCUT2D eigenvalue weighted by Gasteiger charge is 2.41. The number of rotatable bonds is 2. The lowest BCUT2D eigenvalue weighted by Crippen LogP contribution is -2.29. The molecule has 1 aliphatic rings. The quantitative estimate of drug-likeness (QED) is 0.902. The molecule has 6 heteroatoms. The number of hydrogen-bond donors (Lipinski definition) is 1. The predicted molar refractivity (Wildman–Crippen MR) is 62.5 cm³/mol. The number of halogens is 3. The Morgan fingerprint density at radius 2 is 1.79 bits per heavy atom. The molecule has 0 atom stereocenters. The van der Waals surface area contributed by atoms with E-state index in [0.717, 1.165) is 6.07 Å². The third-order valence-electron chi connectivity index (χ3n) is 3.09. The van der Waals surface area contributed by atoms with Gasteiger partial charge in [0.05, 0.1) is 12.2 Å². The second-order valence-electron chi connectivity index (χ2n) is 5.05. The van der Waals surface area contributed by atoms with Crippen molar-refractivity contribution in [3.8, 4) is 11.5 Å². The molecule has 19 heavy (non-hydrogen) atoms. The van der Waals surface area contributed by atoms with Crippen molar-refractivity contribution in [3.05, 3.63) is 23.3 Å². The second-order valence-corrected chi connectivity index (χ2v) is 5.05. The lowest BCUT2D eigenvalue weighted by molar-refractivity contribution is -0.139. The van der Waals surface area contributed by atoms with Gasteiger partial charge in [0.25, 0.3) is 0 Å². The molecule has 0 fully saturated rings. The summed E-state index contributed by atoms with van der Waals surface area (Å²) >= 11 is 0. The minimum absolute atomic E-state index is 0.0558. The number of aliphatic hydroxyl groups is 1. The third kappa shape index (κ3) is 2.49. The van der Waals surface area contributed by atoms with Gasteiger partial charge < -0.3 is 14.6 Å². The zero-order valence-electron chi connectivity index (χ0n) is 10.7. The summed E-state index contributed by atoms with van der Waals surface area (Å²) < 4.78 is 50.0. The van der Waals surface area contributed by atoms with Gasteiger partial charge in [-0.05, 0) is 12.1 Å². The minimum atomic E-state index is -4.50. The highest BCUT2D eigenvalue weighted by Crippen LogP contribution is 2.47. The molecular formula is C13H15F3O3. The van der Waals surface area contributed by atoms with E-state index < -0.39 is 23.8 Å². The lowest BCUT2D eigenvalue weighted by atomic mass is 9.81. The van der Waals surface area contributed by atoms with Crippen molar-refractivity contribution in [2.24, 2.45) is 0 Å². The summed E-state index contributed by atoms with van der Waals surface area (Å²) in [5.74, 6) is 0.371. The lowest BCUT2D eigenvalue weighted by Gasteiger charge is -2.31. The van der Waals surface area contributed by atoms with Crippen molar-refractivity contribution < 1.29 is 27.8 Å². The van der Waals surface area contributed by atoms with Crippen LogP contribution < -0.4 is 9.47 Å². The Kier molecular flexibility index (Phi) is 3.38. The predicted octanol–water partition coefficient (Wildman–Crippen LogP) is 2.75. The fraction of sp³-hybridized carbons (Fsp3) is 0.538. The molecule has 0 amide bonds. The first-order valence-electron chi connectivity index (χ1n) is 5.88. The molecule has 1 aromatic rings. The molecule has 0 spiro atoms. The fourth-order valence-corrected chi connectivity index (χ4v) is 2.10. The van der Waals surface area contributed by atoms with Crippen LogP contribution in [0.25, 0.3) is 0 Å². The first kappa shape index (κ1) is 14.0. The Bertz CT molecular complexity index is 481. The first-order valence-corrected chi connectivity index (χ1v) is 5.88. The van der Waals surface area contributed by atoms with Crippen LogP contribution in [0.15, 0.2) is 12.1 Å². The highest BCUT2D eigenvalue weighted by molar-refractivity contribution is 5.55. The normalized spacial score (nSPS) is 15.5. The first-order chi connectivity index (χ1) is 8.77. The van der Waals surface area contributed by atoms with E-state index in [1.165, 1.54) is 19.9 Å². The second kappa shape index (κ2) is 4.59. The molecule has 1 heterocycles. The summed E-state index contributed by atoms with van der Waals surface area (Å²) in [5.41, 5.74) is -1.92. The number of benzene rings is 1. The standard InChI is InChI=1S/C13H15F3O3/c1-12(2,7-17)10-8(13(14,15)16)3-4-9-11(10)19-6-5-18-9/h3-4,17H,5-7H2,1-2H3.